The number of ether oxygens (including phenoxy) is 4. The summed E-state index contributed by atoms with van der Waals surface area (Å²) in [6.45, 7) is 0.0279. The van der Waals surface area contributed by atoms with Crippen LogP contribution in [0.15, 0.2) is 18.2 Å². The predicted octanol–water partition coefficient (Wildman–Crippen LogP) is 0.221. The van der Waals surface area contributed by atoms with Gasteiger partial charge in [0.2, 0.25) is 6.79 Å². The van der Waals surface area contributed by atoms with Crippen molar-refractivity contribution in [2.75, 3.05) is 27.1 Å². The summed E-state index contributed by atoms with van der Waals surface area (Å²) < 4.78 is 19.7. The van der Waals surface area contributed by atoms with Crippen LogP contribution in [0.4, 0.5) is 0 Å². The van der Waals surface area contributed by atoms with Crippen molar-refractivity contribution in [3.63, 3.8) is 0 Å². The number of methoxy groups -OCH3 is 1. The Morgan fingerprint density at radius 2 is 2.05 bits per heavy atom. The number of fused-ring (bicyclic) bond motifs is 1. The Kier molecular flexibility index (Phi) is 4.78. The Morgan fingerprint density at radius 3 is 2.85 bits per heavy atom. The molecule has 0 aliphatic carbocycles. The SMILES string of the molecule is COCC(=O)OCC(=O)NCc1ccc2c(c1)OCO2. The van der Waals surface area contributed by atoms with E-state index in [1.807, 2.05) is 6.07 Å². The fourth-order valence-corrected chi connectivity index (χ4v) is 1.61. The van der Waals surface area contributed by atoms with Crippen LogP contribution in [-0.2, 0) is 25.6 Å². The maximum atomic E-state index is 11.5. The van der Waals surface area contributed by atoms with E-state index in [2.05, 4.69) is 14.8 Å². The normalized spacial score (nSPS) is 12.1. The fraction of sp³-hybridized carbons (Fsp3) is 0.385. The monoisotopic (exact) mass is 281 g/mol. The molecule has 108 valence electrons. The molecule has 0 atom stereocenters. The minimum absolute atomic E-state index is 0.171. The molecular weight excluding hydrogens is 266 g/mol. The topological polar surface area (TPSA) is 83.1 Å². The largest absolute Gasteiger partial charge is 0.454 e. The van der Waals surface area contributed by atoms with Crippen LogP contribution < -0.4 is 14.8 Å². The van der Waals surface area contributed by atoms with Crippen LogP contribution in [0.5, 0.6) is 11.5 Å². The van der Waals surface area contributed by atoms with Crippen LogP contribution in [-0.4, -0.2) is 39.0 Å². The van der Waals surface area contributed by atoms with Gasteiger partial charge in [0, 0.05) is 13.7 Å². The Labute approximate surface area is 115 Å². The molecule has 0 saturated carbocycles. The van der Waals surface area contributed by atoms with Gasteiger partial charge in [-0.1, -0.05) is 6.07 Å². The van der Waals surface area contributed by atoms with Gasteiger partial charge in [0.25, 0.3) is 5.91 Å². The summed E-state index contributed by atoms with van der Waals surface area (Å²) >= 11 is 0. The second-order valence-corrected chi connectivity index (χ2v) is 4.06. The van der Waals surface area contributed by atoms with Crippen molar-refractivity contribution in [3.05, 3.63) is 23.8 Å². The quantitative estimate of drug-likeness (QED) is 0.751. The average Bonchev–Trinajstić information content (AvgIpc) is 2.90. The highest BCUT2D eigenvalue weighted by molar-refractivity contribution is 5.80. The van der Waals surface area contributed by atoms with E-state index in [9.17, 15) is 9.59 Å². The maximum absolute atomic E-state index is 11.5. The lowest BCUT2D eigenvalue weighted by Gasteiger charge is -2.07. The lowest BCUT2D eigenvalue weighted by Crippen LogP contribution is -2.29. The summed E-state index contributed by atoms with van der Waals surface area (Å²) in [6.07, 6.45) is 0. The number of nitrogens with one attached hydrogen (secondary N) is 1. The van der Waals surface area contributed by atoms with Gasteiger partial charge in [-0.2, -0.15) is 0 Å². The van der Waals surface area contributed by atoms with Gasteiger partial charge in [0.05, 0.1) is 0 Å². The molecule has 0 bridgehead atoms. The molecule has 0 fully saturated rings. The fourth-order valence-electron chi connectivity index (χ4n) is 1.61. The number of hydrogen-bond donors (Lipinski definition) is 1. The molecular formula is C13H15NO6. The Morgan fingerprint density at radius 1 is 1.25 bits per heavy atom. The van der Waals surface area contributed by atoms with Crippen molar-refractivity contribution in [2.24, 2.45) is 0 Å². The van der Waals surface area contributed by atoms with Gasteiger partial charge in [-0.25, -0.2) is 4.79 Å². The third-order valence-corrected chi connectivity index (χ3v) is 2.55. The van der Waals surface area contributed by atoms with E-state index in [-0.39, 0.29) is 25.9 Å². The standard InChI is InChI=1S/C13H15NO6/c1-17-7-13(16)18-6-12(15)14-5-9-2-3-10-11(4-9)20-8-19-10/h2-4H,5-8H2,1H3,(H,14,15). The summed E-state index contributed by atoms with van der Waals surface area (Å²) in [5.74, 6) is 0.384. The van der Waals surface area contributed by atoms with Gasteiger partial charge in [0.15, 0.2) is 18.1 Å². The molecule has 0 saturated heterocycles. The number of hydrogen-bond acceptors (Lipinski definition) is 6. The smallest absolute Gasteiger partial charge is 0.332 e. The first-order valence-electron chi connectivity index (χ1n) is 5.99. The van der Waals surface area contributed by atoms with Crippen molar-refractivity contribution < 1.29 is 28.5 Å². The van der Waals surface area contributed by atoms with Crippen LogP contribution in [0.2, 0.25) is 0 Å². The molecule has 7 nitrogen and oxygen atoms in total. The van der Waals surface area contributed by atoms with Gasteiger partial charge in [-0.05, 0) is 17.7 Å². The third-order valence-electron chi connectivity index (χ3n) is 2.55. The predicted molar refractivity (Wildman–Crippen MR) is 67.2 cm³/mol. The molecule has 0 unspecified atom stereocenters. The highest BCUT2D eigenvalue weighted by atomic mass is 16.7. The minimum atomic E-state index is -0.578. The van der Waals surface area contributed by atoms with Crippen molar-refractivity contribution in [3.8, 4) is 11.5 Å². The zero-order chi connectivity index (χ0) is 14.4. The first-order chi connectivity index (χ1) is 9.69. The Bertz CT molecular complexity index is 502. The van der Waals surface area contributed by atoms with Crippen LogP contribution in [0.1, 0.15) is 5.56 Å². The highest BCUT2D eigenvalue weighted by Crippen LogP contribution is 2.32. The lowest BCUT2D eigenvalue weighted by atomic mass is 10.2. The van der Waals surface area contributed by atoms with Gasteiger partial charge in [-0.3, -0.25) is 4.79 Å². The van der Waals surface area contributed by atoms with Crippen molar-refractivity contribution in [1.29, 1.82) is 0 Å². The Hall–Kier alpha value is -2.28. The second kappa shape index (κ2) is 6.76. The van der Waals surface area contributed by atoms with E-state index in [1.54, 1.807) is 12.1 Å². The molecule has 0 aromatic heterocycles. The molecule has 0 spiro atoms. The number of rotatable bonds is 6. The van der Waals surface area contributed by atoms with E-state index in [4.69, 9.17) is 9.47 Å². The van der Waals surface area contributed by atoms with E-state index in [0.717, 1.165) is 5.56 Å². The molecule has 20 heavy (non-hydrogen) atoms. The molecule has 1 aliphatic heterocycles. The van der Waals surface area contributed by atoms with Crippen LogP contribution in [0.3, 0.4) is 0 Å². The summed E-state index contributed by atoms with van der Waals surface area (Å²) in [6, 6.07) is 5.40. The second-order valence-electron chi connectivity index (χ2n) is 4.06. The summed E-state index contributed by atoms with van der Waals surface area (Å²) in [7, 11) is 1.38. The number of esters is 1. The number of amides is 1. The average molecular weight is 281 g/mol. The van der Waals surface area contributed by atoms with Crippen molar-refractivity contribution >= 4 is 11.9 Å². The maximum Gasteiger partial charge on any atom is 0.332 e. The molecule has 1 aliphatic rings. The van der Waals surface area contributed by atoms with Gasteiger partial charge < -0.3 is 24.3 Å². The minimum Gasteiger partial charge on any atom is -0.454 e. The van der Waals surface area contributed by atoms with E-state index >= 15 is 0 Å². The van der Waals surface area contributed by atoms with E-state index in [0.29, 0.717) is 18.0 Å². The zero-order valence-corrected chi connectivity index (χ0v) is 11.0. The first-order valence-corrected chi connectivity index (χ1v) is 5.99. The summed E-state index contributed by atoms with van der Waals surface area (Å²) in [5.41, 5.74) is 0.866. The Balaban J connectivity index is 1.74. The lowest BCUT2D eigenvalue weighted by molar-refractivity contribution is -0.152. The van der Waals surface area contributed by atoms with Crippen LogP contribution in [0, 0.1) is 0 Å². The number of carbonyl (C=O) groups is 2. The molecule has 0 radical (unpaired) electrons. The van der Waals surface area contributed by atoms with Gasteiger partial charge in [-0.15, -0.1) is 0 Å². The molecule has 1 aromatic carbocycles. The van der Waals surface area contributed by atoms with Gasteiger partial charge >= 0.3 is 5.97 Å². The van der Waals surface area contributed by atoms with Crippen molar-refractivity contribution in [2.45, 2.75) is 6.54 Å². The molecule has 1 heterocycles. The van der Waals surface area contributed by atoms with E-state index in [1.165, 1.54) is 7.11 Å². The van der Waals surface area contributed by atoms with E-state index < -0.39 is 5.97 Å². The number of carbonyl (C=O) groups excluding carboxylic acids is 2. The molecule has 2 rings (SSSR count). The van der Waals surface area contributed by atoms with Gasteiger partial charge in [0.1, 0.15) is 6.61 Å². The first kappa shape index (κ1) is 14.1. The zero-order valence-electron chi connectivity index (χ0n) is 11.0. The highest BCUT2D eigenvalue weighted by Gasteiger charge is 2.13. The van der Waals surface area contributed by atoms with Crippen LogP contribution in [0.25, 0.3) is 0 Å². The molecule has 1 aromatic rings. The molecule has 1 amide bonds. The van der Waals surface area contributed by atoms with Crippen molar-refractivity contribution in [1.82, 2.24) is 5.32 Å². The van der Waals surface area contributed by atoms with Crippen LogP contribution >= 0.6 is 0 Å². The third kappa shape index (κ3) is 3.86. The number of benzene rings is 1. The molecule has 7 heteroatoms. The summed E-state index contributed by atoms with van der Waals surface area (Å²) in [4.78, 5) is 22.5. The summed E-state index contributed by atoms with van der Waals surface area (Å²) in [5, 5.41) is 2.63. The molecule has 1 N–H and O–H groups in total.